The van der Waals surface area contributed by atoms with Crippen molar-refractivity contribution in [3.8, 4) is 5.75 Å². The van der Waals surface area contributed by atoms with Crippen LogP contribution in [0.4, 0.5) is 5.69 Å². The molecule has 3 rings (SSSR count). The Morgan fingerprint density at radius 2 is 1.59 bits per heavy atom. The smallest absolute Gasteiger partial charge is 0.244 e. The number of anilines is 1. The van der Waals surface area contributed by atoms with Gasteiger partial charge >= 0.3 is 0 Å². The number of ether oxygens (including phenoxy) is 1. The number of aryl methyl sites for hydroxylation is 1. The number of carbonyl (C=O) groups excluding carboxylic acids is 2. The third-order valence-corrected chi connectivity index (χ3v) is 8.09. The standard InChI is InChI=1S/C32H41N3O5S/c1-23(2)20-33-32(37)30(19-26-13-8-7-9-14-26)34(21-27-15-11-16-28(18-27)40-5)31(36)22-35(41(6,38)39)29-17-10-12-24(3)25(29)4/h7-18,23,30H,19-22H2,1-6H3,(H,33,37)/t30-/m0/s1. The molecular formula is C32H41N3O5S. The Bertz CT molecular complexity index is 1440. The van der Waals surface area contributed by atoms with E-state index in [9.17, 15) is 18.0 Å². The Morgan fingerprint density at radius 3 is 2.22 bits per heavy atom. The lowest BCUT2D eigenvalue weighted by Gasteiger charge is -2.34. The molecule has 0 aliphatic rings. The number of hydrogen-bond acceptors (Lipinski definition) is 5. The van der Waals surface area contributed by atoms with Crippen LogP contribution < -0.4 is 14.4 Å². The predicted molar refractivity (Wildman–Crippen MR) is 163 cm³/mol. The lowest BCUT2D eigenvalue weighted by atomic mass is 10.0. The Labute approximate surface area is 244 Å². The Balaban J connectivity index is 2.09. The molecule has 41 heavy (non-hydrogen) atoms. The van der Waals surface area contributed by atoms with E-state index in [1.807, 2.05) is 82.3 Å². The van der Waals surface area contributed by atoms with Crippen molar-refractivity contribution in [2.75, 3.05) is 30.8 Å². The maximum absolute atomic E-state index is 14.2. The molecule has 0 fully saturated rings. The SMILES string of the molecule is COc1cccc(CN(C(=O)CN(c2cccc(C)c2C)S(C)(=O)=O)[C@@H](Cc2ccccc2)C(=O)NCC(C)C)c1. The van der Waals surface area contributed by atoms with E-state index in [4.69, 9.17) is 4.74 Å². The zero-order valence-corrected chi connectivity index (χ0v) is 25.6. The number of benzene rings is 3. The van der Waals surface area contributed by atoms with E-state index >= 15 is 0 Å². The van der Waals surface area contributed by atoms with Crippen molar-refractivity contribution in [2.45, 2.75) is 46.7 Å². The van der Waals surface area contributed by atoms with Crippen LogP contribution in [0.3, 0.4) is 0 Å². The van der Waals surface area contributed by atoms with E-state index in [1.165, 1.54) is 4.90 Å². The van der Waals surface area contributed by atoms with Crippen molar-refractivity contribution < 1.29 is 22.7 Å². The van der Waals surface area contributed by atoms with Gasteiger partial charge in [-0.2, -0.15) is 0 Å². The molecular weight excluding hydrogens is 538 g/mol. The summed E-state index contributed by atoms with van der Waals surface area (Å²) in [6, 6.07) is 21.3. The molecule has 0 aliphatic carbocycles. The molecule has 1 N–H and O–H groups in total. The van der Waals surface area contributed by atoms with Gasteiger partial charge in [0.05, 0.1) is 19.1 Å². The second-order valence-electron chi connectivity index (χ2n) is 10.7. The highest BCUT2D eigenvalue weighted by Crippen LogP contribution is 2.26. The quantitative estimate of drug-likeness (QED) is 0.322. The predicted octanol–water partition coefficient (Wildman–Crippen LogP) is 4.49. The first-order valence-electron chi connectivity index (χ1n) is 13.7. The number of amides is 2. The molecule has 1 atom stereocenters. The molecule has 9 heteroatoms. The molecule has 8 nitrogen and oxygen atoms in total. The van der Waals surface area contributed by atoms with E-state index in [1.54, 1.807) is 25.3 Å². The fourth-order valence-corrected chi connectivity index (χ4v) is 5.44. The Hall–Kier alpha value is -3.85. The number of nitrogens with one attached hydrogen (secondary N) is 1. The molecule has 0 saturated carbocycles. The first-order chi connectivity index (χ1) is 19.4. The van der Waals surface area contributed by atoms with E-state index in [0.29, 0.717) is 18.0 Å². The van der Waals surface area contributed by atoms with Gasteiger partial charge in [0.2, 0.25) is 21.8 Å². The van der Waals surface area contributed by atoms with Crippen molar-refractivity contribution in [3.63, 3.8) is 0 Å². The first-order valence-corrected chi connectivity index (χ1v) is 15.5. The lowest BCUT2D eigenvalue weighted by molar-refractivity contribution is -0.140. The van der Waals surface area contributed by atoms with Crippen molar-refractivity contribution in [1.29, 1.82) is 0 Å². The van der Waals surface area contributed by atoms with Gasteiger partial charge in [0.15, 0.2) is 0 Å². The van der Waals surface area contributed by atoms with Crippen molar-refractivity contribution >= 4 is 27.5 Å². The number of carbonyl (C=O) groups is 2. The van der Waals surface area contributed by atoms with E-state index in [2.05, 4.69) is 5.32 Å². The number of sulfonamides is 1. The number of methoxy groups -OCH3 is 1. The van der Waals surface area contributed by atoms with Crippen LogP contribution in [0.2, 0.25) is 0 Å². The molecule has 3 aromatic carbocycles. The molecule has 0 aliphatic heterocycles. The zero-order valence-electron chi connectivity index (χ0n) is 24.8. The minimum Gasteiger partial charge on any atom is -0.497 e. The molecule has 0 aromatic heterocycles. The number of nitrogens with zero attached hydrogens (tertiary/aromatic N) is 2. The highest BCUT2D eigenvalue weighted by atomic mass is 32.2. The molecule has 3 aromatic rings. The summed E-state index contributed by atoms with van der Waals surface area (Å²) in [6.45, 7) is 7.82. The average Bonchev–Trinajstić information content (AvgIpc) is 2.94. The molecule has 0 bridgehead atoms. The van der Waals surface area contributed by atoms with Crippen LogP contribution in [-0.2, 0) is 32.6 Å². The summed E-state index contributed by atoms with van der Waals surface area (Å²) in [6.07, 6.45) is 1.36. The topological polar surface area (TPSA) is 96.0 Å². The molecule has 0 radical (unpaired) electrons. The molecule has 0 heterocycles. The normalized spacial score (nSPS) is 12.1. The second-order valence-corrected chi connectivity index (χ2v) is 12.6. The molecule has 220 valence electrons. The van der Waals surface area contributed by atoms with Crippen molar-refractivity contribution in [2.24, 2.45) is 5.92 Å². The minimum atomic E-state index is -3.83. The van der Waals surface area contributed by atoms with Crippen LogP contribution in [0.5, 0.6) is 5.75 Å². The largest absolute Gasteiger partial charge is 0.497 e. The van der Waals surface area contributed by atoms with Gasteiger partial charge in [0.25, 0.3) is 0 Å². The summed E-state index contributed by atoms with van der Waals surface area (Å²) in [4.78, 5) is 29.4. The van der Waals surface area contributed by atoms with Gasteiger partial charge in [-0.1, -0.05) is 68.4 Å². The summed E-state index contributed by atoms with van der Waals surface area (Å²) in [5.74, 6) is 0.0482. The molecule has 2 amide bonds. The molecule has 0 saturated heterocycles. The van der Waals surface area contributed by atoms with Gasteiger partial charge in [-0.3, -0.25) is 13.9 Å². The lowest BCUT2D eigenvalue weighted by Crippen LogP contribution is -2.53. The second kappa shape index (κ2) is 14.2. The third-order valence-electron chi connectivity index (χ3n) is 6.97. The highest BCUT2D eigenvalue weighted by molar-refractivity contribution is 7.92. The van der Waals surface area contributed by atoms with Crippen molar-refractivity contribution in [1.82, 2.24) is 10.2 Å². The highest BCUT2D eigenvalue weighted by Gasteiger charge is 2.33. The van der Waals surface area contributed by atoms with Crippen LogP contribution in [0.25, 0.3) is 0 Å². The summed E-state index contributed by atoms with van der Waals surface area (Å²) >= 11 is 0. The Kier molecular flexibility index (Phi) is 10.9. The van der Waals surface area contributed by atoms with Crippen LogP contribution in [-0.4, -0.2) is 57.6 Å². The fourth-order valence-electron chi connectivity index (χ4n) is 4.54. The van der Waals surface area contributed by atoms with E-state index in [0.717, 1.165) is 32.8 Å². The third kappa shape index (κ3) is 8.82. The van der Waals surface area contributed by atoms with Crippen LogP contribution >= 0.6 is 0 Å². The van der Waals surface area contributed by atoms with Gasteiger partial charge in [-0.25, -0.2) is 8.42 Å². The summed E-state index contributed by atoms with van der Waals surface area (Å²) in [5, 5.41) is 2.99. The van der Waals surface area contributed by atoms with Crippen LogP contribution in [0.15, 0.2) is 72.8 Å². The monoisotopic (exact) mass is 579 g/mol. The summed E-state index contributed by atoms with van der Waals surface area (Å²) in [7, 11) is -2.27. The maximum atomic E-state index is 14.2. The van der Waals surface area contributed by atoms with Crippen LogP contribution in [0, 0.1) is 19.8 Å². The average molecular weight is 580 g/mol. The summed E-state index contributed by atoms with van der Waals surface area (Å²) < 4.78 is 32.6. The molecule has 0 spiro atoms. The van der Waals surface area contributed by atoms with Gasteiger partial charge in [-0.15, -0.1) is 0 Å². The maximum Gasteiger partial charge on any atom is 0.244 e. The van der Waals surface area contributed by atoms with Crippen LogP contribution in [0.1, 0.15) is 36.1 Å². The fraction of sp³-hybridized carbons (Fsp3) is 0.375. The van der Waals surface area contributed by atoms with E-state index in [-0.39, 0.29) is 24.8 Å². The molecule has 0 unspecified atom stereocenters. The minimum absolute atomic E-state index is 0.0903. The van der Waals surface area contributed by atoms with Gasteiger partial charge in [0.1, 0.15) is 18.3 Å². The van der Waals surface area contributed by atoms with Gasteiger partial charge < -0.3 is 15.0 Å². The Morgan fingerprint density at radius 1 is 0.927 bits per heavy atom. The zero-order chi connectivity index (χ0) is 30.2. The first kappa shape index (κ1) is 31.7. The van der Waals surface area contributed by atoms with Gasteiger partial charge in [-0.05, 0) is 60.2 Å². The number of rotatable bonds is 13. The number of hydrogen-bond donors (Lipinski definition) is 1. The summed E-state index contributed by atoms with van der Waals surface area (Å²) in [5.41, 5.74) is 3.75. The van der Waals surface area contributed by atoms with Gasteiger partial charge in [0, 0.05) is 19.5 Å². The van der Waals surface area contributed by atoms with E-state index < -0.39 is 28.5 Å². The van der Waals surface area contributed by atoms with Crippen molar-refractivity contribution in [3.05, 3.63) is 95.1 Å².